The SMILES string of the molecule is CC(=O)O[C@@H]1C(=O)N(c2cnccn2)[C@H]1c1ccccc1[N+](=O)[O-]. The third kappa shape index (κ3) is 2.56. The second kappa shape index (κ2) is 6.03. The molecule has 9 heteroatoms. The van der Waals surface area contributed by atoms with Crippen LogP contribution in [0.2, 0.25) is 0 Å². The minimum absolute atomic E-state index is 0.166. The number of carbonyl (C=O) groups excluding carboxylic acids is 2. The van der Waals surface area contributed by atoms with Crippen LogP contribution in [0.3, 0.4) is 0 Å². The molecular formula is C15H12N4O5. The first-order chi connectivity index (χ1) is 11.5. The summed E-state index contributed by atoms with van der Waals surface area (Å²) in [5.41, 5.74) is 0.0973. The van der Waals surface area contributed by atoms with Crippen molar-refractivity contribution in [2.75, 3.05) is 4.90 Å². The van der Waals surface area contributed by atoms with Gasteiger partial charge in [-0.3, -0.25) is 29.6 Å². The number of β-lactam (4-membered cyclic amide) rings is 1. The van der Waals surface area contributed by atoms with Gasteiger partial charge < -0.3 is 4.74 Å². The molecule has 1 aromatic heterocycles. The number of ether oxygens (including phenoxy) is 1. The van der Waals surface area contributed by atoms with E-state index in [2.05, 4.69) is 9.97 Å². The van der Waals surface area contributed by atoms with Crippen molar-refractivity contribution >= 4 is 23.4 Å². The van der Waals surface area contributed by atoms with E-state index in [1.807, 2.05) is 0 Å². The summed E-state index contributed by atoms with van der Waals surface area (Å²) in [6.45, 7) is 1.18. The Kier molecular flexibility index (Phi) is 3.90. The molecule has 0 saturated carbocycles. The molecule has 24 heavy (non-hydrogen) atoms. The van der Waals surface area contributed by atoms with Crippen LogP contribution in [0.4, 0.5) is 11.5 Å². The van der Waals surface area contributed by atoms with Crippen molar-refractivity contribution in [2.45, 2.75) is 19.1 Å². The van der Waals surface area contributed by atoms with Gasteiger partial charge in [-0.15, -0.1) is 0 Å². The van der Waals surface area contributed by atoms with Gasteiger partial charge in [0.15, 0.2) is 5.82 Å². The number of benzene rings is 1. The fraction of sp³-hybridized carbons (Fsp3) is 0.200. The van der Waals surface area contributed by atoms with Crippen molar-refractivity contribution < 1.29 is 19.2 Å². The van der Waals surface area contributed by atoms with Crippen LogP contribution in [-0.4, -0.2) is 32.9 Å². The van der Waals surface area contributed by atoms with Gasteiger partial charge >= 0.3 is 5.97 Å². The van der Waals surface area contributed by atoms with E-state index in [9.17, 15) is 19.7 Å². The molecule has 122 valence electrons. The van der Waals surface area contributed by atoms with E-state index in [1.165, 1.54) is 48.6 Å². The van der Waals surface area contributed by atoms with Crippen LogP contribution in [0.1, 0.15) is 18.5 Å². The van der Waals surface area contributed by atoms with Crippen LogP contribution >= 0.6 is 0 Å². The molecule has 9 nitrogen and oxygen atoms in total. The van der Waals surface area contributed by atoms with Gasteiger partial charge in [0.1, 0.15) is 6.04 Å². The van der Waals surface area contributed by atoms with Crippen LogP contribution in [0.15, 0.2) is 42.9 Å². The molecule has 2 atom stereocenters. The molecule has 3 rings (SSSR count). The Labute approximate surface area is 136 Å². The van der Waals surface area contributed by atoms with Crippen LogP contribution < -0.4 is 4.90 Å². The fourth-order valence-electron chi connectivity index (χ4n) is 2.63. The second-order valence-electron chi connectivity index (χ2n) is 5.06. The Hall–Kier alpha value is -3.36. The van der Waals surface area contributed by atoms with E-state index < -0.39 is 28.9 Å². The standard InChI is InChI=1S/C15H12N4O5/c1-9(20)24-14-13(10-4-2-3-5-11(10)19(22)23)18(15(14)21)12-8-16-6-7-17-12/h2-8,13-14H,1H3/t13-,14-/m0/s1. The van der Waals surface area contributed by atoms with Crippen LogP contribution in [-0.2, 0) is 14.3 Å². The quantitative estimate of drug-likeness (QED) is 0.360. The topological polar surface area (TPSA) is 116 Å². The van der Waals surface area contributed by atoms with Crippen molar-refractivity contribution in [2.24, 2.45) is 0 Å². The molecule has 1 amide bonds. The number of esters is 1. The van der Waals surface area contributed by atoms with Gasteiger partial charge in [0.25, 0.3) is 11.6 Å². The monoisotopic (exact) mass is 328 g/mol. The molecule has 1 aliphatic heterocycles. The molecule has 1 fully saturated rings. The number of rotatable bonds is 4. The number of nitro benzene ring substituents is 1. The van der Waals surface area contributed by atoms with E-state index >= 15 is 0 Å². The minimum atomic E-state index is -1.13. The van der Waals surface area contributed by atoms with E-state index in [0.29, 0.717) is 0 Å². The maximum absolute atomic E-state index is 12.4. The lowest BCUT2D eigenvalue weighted by atomic mass is 9.89. The minimum Gasteiger partial charge on any atom is -0.450 e. The van der Waals surface area contributed by atoms with Gasteiger partial charge in [-0.25, -0.2) is 4.98 Å². The molecule has 1 saturated heterocycles. The summed E-state index contributed by atoms with van der Waals surface area (Å²) in [7, 11) is 0. The molecule has 0 spiro atoms. The van der Waals surface area contributed by atoms with Gasteiger partial charge in [0.05, 0.1) is 16.7 Å². The first-order valence-electron chi connectivity index (χ1n) is 7.00. The third-order valence-electron chi connectivity index (χ3n) is 3.59. The Balaban J connectivity index is 2.07. The number of hydrogen-bond acceptors (Lipinski definition) is 7. The molecule has 1 aromatic carbocycles. The number of anilines is 1. The van der Waals surface area contributed by atoms with Gasteiger partial charge in [0.2, 0.25) is 6.10 Å². The molecule has 0 aliphatic carbocycles. The number of nitrogens with zero attached hydrogens (tertiary/aromatic N) is 4. The number of carbonyl (C=O) groups is 2. The highest BCUT2D eigenvalue weighted by molar-refractivity contribution is 6.05. The zero-order valence-electron chi connectivity index (χ0n) is 12.5. The smallest absolute Gasteiger partial charge is 0.303 e. The Morgan fingerprint density at radius 1 is 1.33 bits per heavy atom. The maximum Gasteiger partial charge on any atom is 0.303 e. The summed E-state index contributed by atoms with van der Waals surface area (Å²) in [5.74, 6) is -0.918. The van der Waals surface area contributed by atoms with E-state index in [0.717, 1.165) is 0 Å². The van der Waals surface area contributed by atoms with Gasteiger partial charge in [-0.2, -0.15) is 0 Å². The molecule has 2 aromatic rings. The van der Waals surface area contributed by atoms with Gasteiger partial charge in [-0.05, 0) is 6.07 Å². The summed E-state index contributed by atoms with van der Waals surface area (Å²) in [5, 5.41) is 11.3. The predicted molar refractivity (Wildman–Crippen MR) is 80.9 cm³/mol. The van der Waals surface area contributed by atoms with E-state index in [1.54, 1.807) is 6.07 Å². The predicted octanol–water partition coefficient (Wildman–Crippen LogP) is 1.40. The van der Waals surface area contributed by atoms with E-state index in [4.69, 9.17) is 4.74 Å². The normalized spacial score (nSPS) is 19.5. The summed E-state index contributed by atoms with van der Waals surface area (Å²) in [6.07, 6.45) is 3.07. The first-order valence-corrected chi connectivity index (χ1v) is 7.00. The van der Waals surface area contributed by atoms with Crippen molar-refractivity contribution in [3.63, 3.8) is 0 Å². The second-order valence-corrected chi connectivity index (χ2v) is 5.06. The number of para-hydroxylation sites is 1. The van der Waals surface area contributed by atoms with Crippen molar-refractivity contribution in [3.05, 3.63) is 58.5 Å². The van der Waals surface area contributed by atoms with Gasteiger partial charge in [-0.1, -0.05) is 12.1 Å². The summed E-state index contributed by atoms with van der Waals surface area (Å²) in [6, 6.07) is 5.16. The van der Waals surface area contributed by atoms with Crippen LogP contribution in [0, 0.1) is 10.1 Å². The van der Waals surface area contributed by atoms with Gasteiger partial charge in [0, 0.05) is 25.4 Å². The highest BCUT2D eigenvalue weighted by Gasteiger charge is 2.54. The number of nitro groups is 1. The van der Waals surface area contributed by atoms with Crippen molar-refractivity contribution in [1.82, 2.24) is 9.97 Å². The van der Waals surface area contributed by atoms with Crippen molar-refractivity contribution in [3.8, 4) is 0 Å². The lowest BCUT2D eigenvalue weighted by molar-refractivity contribution is -0.385. The fourth-order valence-corrected chi connectivity index (χ4v) is 2.63. The van der Waals surface area contributed by atoms with Crippen LogP contribution in [0.25, 0.3) is 0 Å². The molecular weight excluding hydrogens is 316 g/mol. The summed E-state index contributed by atoms with van der Waals surface area (Å²) in [4.78, 5) is 43.6. The Bertz CT molecular complexity index is 811. The molecule has 0 N–H and O–H groups in total. The highest BCUT2D eigenvalue weighted by Crippen LogP contribution is 2.42. The molecule has 0 radical (unpaired) electrons. The largest absolute Gasteiger partial charge is 0.450 e. The number of amides is 1. The lowest BCUT2D eigenvalue weighted by Gasteiger charge is -2.44. The first kappa shape index (κ1) is 15.5. The Morgan fingerprint density at radius 2 is 2.08 bits per heavy atom. The number of aromatic nitrogens is 2. The van der Waals surface area contributed by atoms with Crippen molar-refractivity contribution in [1.29, 1.82) is 0 Å². The van der Waals surface area contributed by atoms with E-state index in [-0.39, 0.29) is 17.1 Å². The maximum atomic E-state index is 12.4. The average molecular weight is 328 g/mol. The lowest BCUT2D eigenvalue weighted by Crippen LogP contribution is -2.61. The summed E-state index contributed by atoms with van der Waals surface area (Å²) < 4.78 is 5.05. The van der Waals surface area contributed by atoms with Crippen LogP contribution in [0.5, 0.6) is 0 Å². The number of hydrogen-bond donors (Lipinski definition) is 0. The zero-order chi connectivity index (χ0) is 17.3. The Morgan fingerprint density at radius 3 is 2.71 bits per heavy atom. The highest BCUT2D eigenvalue weighted by atomic mass is 16.6. The molecule has 2 heterocycles. The third-order valence-corrected chi connectivity index (χ3v) is 3.59. The zero-order valence-corrected chi connectivity index (χ0v) is 12.5. The summed E-state index contributed by atoms with van der Waals surface area (Å²) >= 11 is 0. The molecule has 0 unspecified atom stereocenters. The average Bonchev–Trinajstić information content (AvgIpc) is 2.57. The molecule has 1 aliphatic rings. The molecule has 0 bridgehead atoms.